The van der Waals surface area contributed by atoms with Gasteiger partial charge in [0.15, 0.2) is 0 Å². The van der Waals surface area contributed by atoms with Gasteiger partial charge in [-0.3, -0.25) is 0 Å². The van der Waals surface area contributed by atoms with Crippen LogP contribution in [0.3, 0.4) is 0 Å². The molecule has 0 aliphatic carbocycles. The number of halogens is 1. The van der Waals surface area contributed by atoms with Crippen molar-refractivity contribution in [3.05, 3.63) is 28.9 Å². The molecular formula is C19H24BrN3O5S. The van der Waals surface area contributed by atoms with Crippen LogP contribution in [-0.2, 0) is 14.8 Å². The van der Waals surface area contributed by atoms with E-state index in [9.17, 15) is 13.2 Å². The Labute approximate surface area is 178 Å². The average molecular weight is 486 g/mol. The van der Waals surface area contributed by atoms with Gasteiger partial charge < -0.3 is 14.8 Å². The molecule has 2 aromatic rings. The molecule has 1 aromatic heterocycles. The minimum atomic E-state index is -3.79. The summed E-state index contributed by atoms with van der Waals surface area (Å²) in [6, 6.07) is 4.69. The lowest BCUT2D eigenvalue weighted by molar-refractivity contribution is 0.0507. The molecule has 0 spiro atoms. The number of hydrogen-bond acceptors (Lipinski definition) is 6. The molecule has 0 saturated carbocycles. The van der Waals surface area contributed by atoms with Gasteiger partial charge in [-0.25, -0.2) is 18.2 Å². The molecule has 1 amide bonds. The summed E-state index contributed by atoms with van der Waals surface area (Å²) in [5.74, 6) is 0.353. The summed E-state index contributed by atoms with van der Waals surface area (Å²) in [5.41, 5.74) is -0.614. The van der Waals surface area contributed by atoms with E-state index in [4.69, 9.17) is 9.47 Å². The number of amides is 1. The lowest BCUT2D eigenvalue weighted by atomic mass is 10.2. The number of hydrogen-bond donors (Lipinski definition) is 1. The lowest BCUT2D eigenvalue weighted by Gasteiger charge is -2.22. The van der Waals surface area contributed by atoms with Crippen LogP contribution >= 0.6 is 15.9 Å². The van der Waals surface area contributed by atoms with Crippen molar-refractivity contribution in [1.29, 1.82) is 0 Å². The maximum Gasteiger partial charge on any atom is 0.407 e. The van der Waals surface area contributed by atoms with Gasteiger partial charge in [-0.05, 0) is 55.3 Å². The quantitative estimate of drug-likeness (QED) is 0.713. The number of nitrogens with one attached hydrogen (secondary N) is 1. The molecule has 29 heavy (non-hydrogen) atoms. The molecule has 158 valence electrons. The van der Waals surface area contributed by atoms with Gasteiger partial charge in [-0.2, -0.15) is 4.31 Å². The van der Waals surface area contributed by atoms with Crippen molar-refractivity contribution >= 4 is 42.8 Å². The third-order valence-electron chi connectivity index (χ3n) is 4.47. The number of rotatable bonds is 4. The zero-order valence-corrected chi connectivity index (χ0v) is 19.1. The van der Waals surface area contributed by atoms with E-state index in [0.717, 1.165) is 0 Å². The van der Waals surface area contributed by atoms with Gasteiger partial charge in [0.25, 0.3) is 0 Å². The number of alkyl carbamates (subject to hydrolysis) is 1. The second-order valence-corrected chi connectivity index (χ2v) is 10.5. The van der Waals surface area contributed by atoms with Gasteiger partial charge in [0, 0.05) is 40.6 Å². The first-order valence-electron chi connectivity index (χ1n) is 9.14. The molecule has 10 heteroatoms. The number of nitrogens with zero attached hydrogens (tertiary/aromatic N) is 2. The van der Waals surface area contributed by atoms with Gasteiger partial charge in [0.05, 0.1) is 12.0 Å². The number of carbonyl (C=O) groups excluding carboxylic acids is 1. The molecule has 1 atom stereocenters. The molecule has 1 N–H and O–H groups in total. The van der Waals surface area contributed by atoms with Gasteiger partial charge in [0.1, 0.15) is 5.60 Å². The first-order chi connectivity index (χ1) is 13.5. The van der Waals surface area contributed by atoms with Crippen LogP contribution in [0.4, 0.5) is 4.79 Å². The summed E-state index contributed by atoms with van der Waals surface area (Å²) in [5, 5.41) is 3.87. The molecule has 1 fully saturated rings. The predicted molar refractivity (Wildman–Crippen MR) is 113 cm³/mol. The Hall–Kier alpha value is -1.91. The van der Waals surface area contributed by atoms with Crippen LogP contribution in [0.1, 0.15) is 27.2 Å². The number of fused-ring (bicyclic) bond motifs is 1. The van der Waals surface area contributed by atoms with Crippen LogP contribution in [0.25, 0.3) is 10.8 Å². The molecule has 2 heterocycles. The maximum atomic E-state index is 13.4. The van der Waals surface area contributed by atoms with Gasteiger partial charge >= 0.3 is 6.09 Å². The Bertz CT molecular complexity index is 1040. The summed E-state index contributed by atoms with van der Waals surface area (Å²) < 4.78 is 39.2. The minimum Gasteiger partial charge on any atom is -0.481 e. The normalized spacial score (nSPS) is 18.0. The largest absolute Gasteiger partial charge is 0.481 e. The standard InChI is InChI=1S/C19H24BrN3O5S/c1-19(2,3)28-18(24)22-12-8-9-23(11-12)29(25,26)15-7-5-6-13-16(15)14(20)10-21-17(13)27-4/h5-7,10,12H,8-9,11H2,1-4H3,(H,22,24)/t12-/m0/s1. The van der Waals surface area contributed by atoms with E-state index in [1.807, 2.05) is 0 Å². The summed E-state index contributed by atoms with van der Waals surface area (Å²) in [6.45, 7) is 5.81. The summed E-state index contributed by atoms with van der Waals surface area (Å²) in [6.07, 6.45) is 1.48. The topological polar surface area (TPSA) is 97.8 Å². The number of methoxy groups -OCH3 is 1. The first-order valence-corrected chi connectivity index (χ1v) is 11.4. The fourth-order valence-electron chi connectivity index (χ4n) is 3.26. The van der Waals surface area contributed by atoms with Crippen molar-refractivity contribution in [2.45, 2.75) is 43.7 Å². The second-order valence-electron chi connectivity index (χ2n) is 7.79. The highest BCUT2D eigenvalue weighted by atomic mass is 79.9. The van der Waals surface area contributed by atoms with Crippen LogP contribution in [0.5, 0.6) is 5.88 Å². The van der Waals surface area contributed by atoms with Crippen LogP contribution in [-0.4, -0.2) is 55.6 Å². The summed E-state index contributed by atoms with van der Waals surface area (Å²) in [7, 11) is -2.30. The van der Waals surface area contributed by atoms with E-state index in [1.54, 1.807) is 39.0 Å². The average Bonchev–Trinajstić information content (AvgIpc) is 3.09. The SMILES string of the molecule is COc1ncc(Br)c2c(S(=O)(=O)N3CC[C@H](NC(=O)OC(C)(C)C)C3)cccc12. The minimum absolute atomic E-state index is 0.167. The highest BCUT2D eigenvalue weighted by Gasteiger charge is 2.35. The number of aromatic nitrogens is 1. The fraction of sp³-hybridized carbons (Fsp3) is 0.474. The number of carbonyl (C=O) groups is 1. The van der Waals surface area contributed by atoms with E-state index in [0.29, 0.717) is 34.1 Å². The van der Waals surface area contributed by atoms with E-state index >= 15 is 0 Å². The van der Waals surface area contributed by atoms with Gasteiger partial charge in [-0.15, -0.1) is 0 Å². The van der Waals surface area contributed by atoms with Crippen molar-refractivity contribution in [2.24, 2.45) is 0 Å². The Balaban J connectivity index is 1.87. The summed E-state index contributed by atoms with van der Waals surface area (Å²) >= 11 is 3.41. The molecule has 1 aromatic carbocycles. The number of pyridine rings is 1. The Kier molecular flexibility index (Phi) is 6.07. The molecule has 1 aliphatic heterocycles. The van der Waals surface area contributed by atoms with Crippen LogP contribution in [0.2, 0.25) is 0 Å². The van der Waals surface area contributed by atoms with E-state index < -0.39 is 21.7 Å². The van der Waals surface area contributed by atoms with E-state index in [1.165, 1.54) is 17.6 Å². The third-order valence-corrected chi connectivity index (χ3v) is 6.98. The van der Waals surface area contributed by atoms with Crippen molar-refractivity contribution in [3.8, 4) is 5.88 Å². The molecule has 0 bridgehead atoms. The first kappa shape index (κ1) is 21.8. The Morgan fingerprint density at radius 3 is 2.72 bits per heavy atom. The smallest absolute Gasteiger partial charge is 0.407 e. The molecular weight excluding hydrogens is 462 g/mol. The second kappa shape index (κ2) is 8.08. The molecule has 3 rings (SSSR count). The zero-order valence-electron chi connectivity index (χ0n) is 16.7. The monoisotopic (exact) mass is 485 g/mol. The van der Waals surface area contributed by atoms with Crippen LogP contribution in [0, 0.1) is 0 Å². The fourth-order valence-corrected chi connectivity index (χ4v) is 5.65. The highest BCUT2D eigenvalue weighted by Crippen LogP contribution is 2.36. The lowest BCUT2D eigenvalue weighted by Crippen LogP contribution is -2.41. The molecule has 1 aliphatic rings. The Morgan fingerprint density at radius 1 is 1.34 bits per heavy atom. The highest BCUT2D eigenvalue weighted by molar-refractivity contribution is 9.10. The van der Waals surface area contributed by atoms with E-state index in [2.05, 4.69) is 26.2 Å². The number of sulfonamides is 1. The van der Waals surface area contributed by atoms with Crippen LogP contribution < -0.4 is 10.1 Å². The van der Waals surface area contributed by atoms with Crippen molar-refractivity contribution in [1.82, 2.24) is 14.6 Å². The van der Waals surface area contributed by atoms with Crippen molar-refractivity contribution in [2.75, 3.05) is 20.2 Å². The summed E-state index contributed by atoms with van der Waals surface area (Å²) in [4.78, 5) is 16.4. The molecule has 1 saturated heterocycles. The maximum absolute atomic E-state index is 13.4. The molecule has 0 radical (unpaired) electrons. The molecule has 0 unspecified atom stereocenters. The molecule has 8 nitrogen and oxygen atoms in total. The van der Waals surface area contributed by atoms with Crippen molar-refractivity contribution < 1.29 is 22.7 Å². The van der Waals surface area contributed by atoms with E-state index in [-0.39, 0.29) is 17.5 Å². The Morgan fingerprint density at radius 2 is 2.07 bits per heavy atom. The third kappa shape index (κ3) is 4.65. The number of benzene rings is 1. The number of ether oxygens (including phenoxy) is 2. The van der Waals surface area contributed by atoms with Crippen LogP contribution in [0.15, 0.2) is 33.8 Å². The van der Waals surface area contributed by atoms with Crippen molar-refractivity contribution in [3.63, 3.8) is 0 Å². The van der Waals surface area contributed by atoms with Gasteiger partial charge in [0.2, 0.25) is 15.9 Å². The van der Waals surface area contributed by atoms with Gasteiger partial charge in [-0.1, -0.05) is 6.07 Å². The predicted octanol–water partition coefficient (Wildman–Crippen LogP) is 3.29. The zero-order chi connectivity index (χ0) is 21.4.